The third-order valence-electron chi connectivity index (χ3n) is 5.79. The number of furan rings is 1. The molecule has 2 aliphatic rings. The van der Waals surface area contributed by atoms with Gasteiger partial charge in [-0.1, -0.05) is 6.07 Å². The summed E-state index contributed by atoms with van der Waals surface area (Å²) >= 11 is 0. The minimum absolute atomic E-state index is 0.138. The minimum atomic E-state index is -1.63. The summed E-state index contributed by atoms with van der Waals surface area (Å²) in [5.74, 6) is -0.855. The Labute approximate surface area is 181 Å². The van der Waals surface area contributed by atoms with Gasteiger partial charge in [0.05, 0.1) is 13.7 Å². The summed E-state index contributed by atoms with van der Waals surface area (Å²) in [6, 6.07) is 10.7. The maximum atomic E-state index is 13.1. The Morgan fingerprint density at radius 2 is 2.00 bits per heavy atom. The van der Waals surface area contributed by atoms with Crippen molar-refractivity contribution in [2.45, 2.75) is 12.1 Å². The molecule has 1 atom stereocenters. The van der Waals surface area contributed by atoms with Gasteiger partial charge in [0.15, 0.2) is 5.54 Å². The van der Waals surface area contributed by atoms with Gasteiger partial charge in [-0.15, -0.1) is 0 Å². The summed E-state index contributed by atoms with van der Waals surface area (Å²) in [4.78, 5) is 51.1. The molecule has 10 heteroatoms. The molecule has 2 aromatic carbocycles. The molecule has 3 heterocycles. The molecule has 0 radical (unpaired) electrons. The van der Waals surface area contributed by atoms with Gasteiger partial charge in [-0.3, -0.25) is 19.7 Å². The molecular weight excluding hydrogens is 416 g/mol. The summed E-state index contributed by atoms with van der Waals surface area (Å²) in [7, 11) is 1.51. The van der Waals surface area contributed by atoms with Crippen molar-refractivity contribution in [3.05, 3.63) is 64.9 Å². The molecular formula is C22H18N4O6. The van der Waals surface area contributed by atoms with Gasteiger partial charge in [-0.2, -0.15) is 0 Å². The first kappa shape index (κ1) is 19.6. The lowest BCUT2D eigenvalue weighted by Gasteiger charge is -2.29. The number of nitrogens with one attached hydrogen (secondary N) is 2. The Kier molecular flexibility index (Phi) is 4.19. The van der Waals surface area contributed by atoms with Gasteiger partial charge in [-0.05, 0) is 42.0 Å². The minimum Gasteiger partial charge on any atom is -0.497 e. The number of carbonyl (C=O) groups is 4. The van der Waals surface area contributed by atoms with E-state index in [1.165, 1.54) is 24.1 Å². The van der Waals surface area contributed by atoms with Crippen LogP contribution in [0.3, 0.4) is 0 Å². The average molecular weight is 434 g/mol. The summed E-state index contributed by atoms with van der Waals surface area (Å²) in [5, 5.41) is 5.39. The highest BCUT2D eigenvalue weighted by Crippen LogP contribution is 2.35. The number of hydrogen-bond acceptors (Lipinski definition) is 6. The Morgan fingerprint density at radius 1 is 1.19 bits per heavy atom. The van der Waals surface area contributed by atoms with Crippen LogP contribution in [-0.4, -0.2) is 42.3 Å². The van der Waals surface area contributed by atoms with E-state index in [9.17, 15) is 19.2 Å². The first-order valence-corrected chi connectivity index (χ1v) is 9.74. The number of urea groups is 1. The van der Waals surface area contributed by atoms with Crippen molar-refractivity contribution in [2.75, 3.05) is 13.7 Å². The van der Waals surface area contributed by atoms with Crippen molar-refractivity contribution in [3.63, 3.8) is 0 Å². The molecule has 1 aromatic heterocycles. The van der Waals surface area contributed by atoms with Crippen LogP contribution in [0.4, 0.5) is 4.79 Å². The van der Waals surface area contributed by atoms with Crippen molar-refractivity contribution in [3.8, 4) is 5.75 Å². The van der Waals surface area contributed by atoms with Crippen LogP contribution >= 0.6 is 0 Å². The maximum Gasteiger partial charge on any atom is 0.322 e. The van der Waals surface area contributed by atoms with Crippen LogP contribution in [0.5, 0.6) is 5.75 Å². The molecule has 10 nitrogen and oxygen atoms in total. The number of nitrogens with zero attached hydrogens (tertiary/aromatic N) is 1. The second kappa shape index (κ2) is 6.84. The fraction of sp³-hybridized carbons (Fsp3) is 0.182. The number of hydrogen-bond donors (Lipinski definition) is 3. The number of methoxy groups -OCH3 is 1. The average Bonchev–Trinajstić information content (AvgIpc) is 3.41. The van der Waals surface area contributed by atoms with Gasteiger partial charge in [0.1, 0.15) is 17.1 Å². The van der Waals surface area contributed by atoms with E-state index in [0.717, 1.165) is 5.56 Å². The number of carbonyl (C=O) groups excluding carboxylic acids is 4. The molecule has 5 amide bonds. The molecule has 0 aliphatic carbocycles. The van der Waals surface area contributed by atoms with E-state index < -0.39 is 23.4 Å². The molecule has 5 rings (SSSR count). The van der Waals surface area contributed by atoms with Crippen LogP contribution in [0.15, 0.2) is 46.9 Å². The van der Waals surface area contributed by atoms with E-state index in [0.29, 0.717) is 22.3 Å². The van der Waals surface area contributed by atoms with Gasteiger partial charge in [-0.25, -0.2) is 4.79 Å². The van der Waals surface area contributed by atoms with Crippen molar-refractivity contribution in [2.24, 2.45) is 5.73 Å². The number of nitrogens with two attached hydrogens (primary N) is 1. The summed E-state index contributed by atoms with van der Waals surface area (Å²) in [5.41, 5.74) is 5.64. The number of benzene rings is 2. The Morgan fingerprint density at radius 3 is 2.69 bits per heavy atom. The van der Waals surface area contributed by atoms with Crippen LogP contribution in [-0.2, 0) is 16.9 Å². The molecule has 0 bridgehead atoms. The first-order valence-electron chi connectivity index (χ1n) is 9.74. The number of ether oxygens (including phenoxy) is 1. The van der Waals surface area contributed by atoms with Crippen LogP contribution in [0, 0.1) is 0 Å². The standard InChI is InChI=1S/C22H18N4O6/c1-31-14-4-2-12-9-26(19(28)15(12)8-14)10-22(20(29)24-21(30)25-22)17-7-13-6-11(18(23)27)3-5-16(13)32-17/h2-8H,9-10H2,1H3,(H2,23,27)(H2,24,25,29,30)/t22-/m0/s1. The predicted molar refractivity (Wildman–Crippen MR) is 111 cm³/mol. The van der Waals surface area contributed by atoms with Crippen LogP contribution in [0.25, 0.3) is 11.0 Å². The second-order valence-electron chi connectivity index (χ2n) is 7.73. The molecule has 162 valence electrons. The van der Waals surface area contributed by atoms with E-state index in [1.807, 2.05) is 0 Å². The molecule has 0 saturated carbocycles. The summed E-state index contributed by atoms with van der Waals surface area (Å²) < 4.78 is 11.1. The first-order chi connectivity index (χ1) is 15.3. The number of primary amides is 1. The zero-order valence-electron chi connectivity index (χ0n) is 16.9. The van der Waals surface area contributed by atoms with Crippen molar-refractivity contribution < 1.29 is 28.3 Å². The van der Waals surface area contributed by atoms with Crippen LogP contribution in [0.2, 0.25) is 0 Å². The Hall–Kier alpha value is -4.34. The normalized spacial score (nSPS) is 19.8. The zero-order chi connectivity index (χ0) is 22.6. The monoisotopic (exact) mass is 434 g/mol. The van der Waals surface area contributed by atoms with Gasteiger partial charge in [0.2, 0.25) is 5.91 Å². The Bertz CT molecular complexity index is 1330. The van der Waals surface area contributed by atoms with E-state index in [1.54, 1.807) is 30.3 Å². The molecule has 3 aromatic rings. The molecule has 2 aliphatic heterocycles. The number of rotatable bonds is 5. The van der Waals surface area contributed by atoms with E-state index in [4.69, 9.17) is 14.9 Å². The third kappa shape index (κ3) is 2.88. The number of fused-ring (bicyclic) bond motifs is 2. The van der Waals surface area contributed by atoms with Gasteiger partial charge in [0.25, 0.3) is 11.8 Å². The lowest BCUT2D eigenvalue weighted by atomic mass is 9.95. The second-order valence-corrected chi connectivity index (χ2v) is 7.73. The van der Waals surface area contributed by atoms with E-state index in [-0.39, 0.29) is 30.3 Å². The molecule has 0 spiro atoms. The number of imide groups is 1. The fourth-order valence-electron chi connectivity index (χ4n) is 4.14. The van der Waals surface area contributed by atoms with Crippen molar-refractivity contribution >= 4 is 34.7 Å². The predicted octanol–water partition coefficient (Wildman–Crippen LogP) is 1.23. The largest absolute Gasteiger partial charge is 0.497 e. The molecule has 1 fully saturated rings. The third-order valence-corrected chi connectivity index (χ3v) is 5.79. The van der Waals surface area contributed by atoms with Gasteiger partial charge >= 0.3 is 6.03 Å². The lowest BCUT2D eigenvalue weighted by Crippen LogP contribution is -2.52. The zero-order valence-corrected chi connectivity index (χ0v) is 16.9. The highest BCUT2D eigenvalue weighted by atomic mass is 16.5. The molecule has 0 unspecified atom stereocenters. The van der Waals surface area contributed by atoms with Gasteiger partial charge in [0, 0.05) is 23.1 Å². The molecule has 32 heavy (non-hydrogen) atoms. The van der Waals surface area contributed by atoms with Gasteiger partial charge < -0.3 is 25.1 Å². The van der Waals surface area contributed by atoms with E-state index in [2.05, 4.69) is 10.6 Å². The SMILES string of the molecule is COc1ccc2c(c1)C(=O)N(C[C@@]1(c3cc4cc(C(N)=O)ccc4o3)NC(=O)NC1=O)C2. The maximum absolute atomic E-state index is 13.1. The highest BCUT2D eigenvalue weighted by Gasteiger charge is 2.53. The lowest BCUT2D eigenvalue weighted by molar-refractivity contribution is -0.125. The topological polar surface area (TPSA) is 144 Å². The number of amides is 5. The summed E-state index contributed by atoms with van der Waals surface area (Å²) in [6.45, 7) is 0.109. The van der Waals surface area contributed by atoms with Crippen LogP contribution in [0.1, 0.15) is 32.0 Å². The van der Waals surface area contributed by atoms with Crippen LogP contribution < -0.4 is 21.1 Å². The molecule has 4 N–H and O–H groups in total. The van der Waals surface area contributed by atoms with Crippen molar-refractivity contribution in [1.82, 2.24) is 15.5 Å². The smallest absolute Gasteiger partial charge is 0.322 e. The van der Waals surface area contributed by atoms with E-state index >= 15 is 0 Å². The summed E-state index contributed by atoms with van der Waals surface area (Å²) in [6.07, 6.45) is 0. The highest BCUT2D eigenvalue weighted by molar-refractivity contribution is 6.08. The fourth-order valence-corrected chi connectivity index (χ4v) is 4.14. The molecule has 1 saturated heterocycles. The quantitative estimate of drug-likeness (QED) is 0.515. The Balaban J connectivity index is 1.55. The van der Waals surface area contributed by atoms with Crippen molar-refractivity contribution in [1.29, 1.82) is 0 Å².